The molecular weight excluding hydrogens is 302 g/mol. The van der Waals surface area contributed by atoms with E-state index in [0.717, 1.165) is 16.9 Å². The van der Waals surface area contributed by atoms with E-state index in [1.165, 1.54) is 0 Å². The van der Waals surface area contributed by atoms with Crippen LogP contribution in [0.2, 0.25) is 0 Å². The SMILES string of the molecule is CN1c2ccccc2C(=O)N2Cc3c([nH]c4ccccc4c3=O)C21. The van der Waals surface area contributed by atoms with Gasteiger partial charge in [-0.2, -0.15) is 0 Å². The van der Waals surface area contributed by atoms with Crippen LogP contribution in [0.3, 0.4) is 0 Å². The van der Waals surface area contributed by atoms with E-state index in [1.807, 2.05) is 55.6 Å². The van der Waals surface area contributed by atoms with E-state index in [0.29, 0.717) is 23.1 Å². The topological polar surface area (TPSA) is 56.4 Å². The summed E-state index contributed by atoms with van der Waals surface area (Å²) in [5.41, 5.74) is 3.91. The van der Waals surface area contributed by atoms with Gasteiger partial charge in [-0.3, -0.25) is 9.59 Å². The van der Waals surface area contributed by atoms with Crippen molar-refractivity contribution in [3.8, 4) is 0 Å². The number of fused-ring (bicyclic) bond motifs is 5. The zero-order valence-electron chi connectivity index (χ0n) is 13.1. The number of hydrogen-bond donors (Lipinski definition) is 1. The molecule has 0 saturated carbocycles. The van der Waals surface area contributed by atoms with Crippen LogP contribution in [0.25, 0.3) is 10.9 Å². The summed E-state index contributed by atoms with van der Waals surface area (Å²) in [6.07, 6.45) is -0.264. The molecule has 0 fully saturated rings. The molecule has 118 valence electrons. The summed E-state index contributed by atoms with van der Waals surface area (Å²) in [7, 11) is 1.96. The average Bonchev–Trinajstić information content (AvgIpc) is 3.00. The quantitative estimate of drug-likeness (QED) is 0.693. The summed E-state index contributed by atoms with van der Waals surface area (Å²) in [4.78, 5) is 33.0. The Morgan fingerprint density at radius 2 is 1.79 bits per heavy atom. The normalized spacial score (nSPS) is 18.5. The molecule has 5 heteroatoms. The first kappa shape index (κ1) is 13.4. The number of carbonyl (C=O) groups excluding carboxylic acids is 1. The number of aromatic amines is 1. The van der Waals surface area contributed by atoms with Crippen LogP contribution >= 0.6 is 0 Å². The highest BCUT2D eigenvalue weighted by molar-refractivity contribution is 6.02. The van der Waals surface area contributed by atoms with E-state index >= 15 is 0 Å². The highest BCUT2D eigenvalue weighted by Gasteiger charge is 2.43. The maximum absolute atomic E-state index is 12.9. The first-order valence-corrected chi connectivity index (χ1v) is 7.93. The van der Waals surface area contributed by atoms with Gasteiger partial charge in [0.25, 0.3) is 5.91 Å². The van der Waals surface area contributed by atoms with Gasteiger partial charge in [0.2, 0.25) is 0 Å². The third kappa shape index (κ3) is 1.53. The molecule has 0 saturated heterocycles. The van der Waals surface area contributed by atoms with Gasteiger partial charge in [0.15, 0.2) is 5.43 Å². The molecular formula is C19H15N3O2. The molecule has 1 N–H and O–H groups in total. The zero-order valence-corrected chi connectivity index (χ0v) is 13.1. The molecule has 5 rings (SSSR count). The summed E-state index contributed by atoms with van der Waals surface area (Å²) in [6.45, 7) is 0.345. The van der Waals surface area contributed by atoms with Crippen molar-refractivity contribution in [2.75, 3.05) is 11.9 Å². The Balaban J connectivity index is 1.78. The fourth-order valence-electron chi connectivity index (χ4n) is 3.92. The standard InChI is InChI=1S/C19H15N3O2/c1-21-15-9-5-3-7-12(15)19(24)22-10-13-16(18(21)22)20-14-8-4-2-6-11(14)17(13)23/h2-9,18H,10H2,1H3,(H,20,23). The zero-order chi connectivity index (χ0) is 16.4. The first-order chi connectivity index (χ1) is 11.7. The van der Waals surface area contributed by atoms with Crippen molar-refractivity contribution >= 4 is 22.5 Å². The largest absolute Gasteiger partial charge is 0.355 e. The summed E-state index contributed by atoms with van der Waals surface area (Å²) < 4.78 is 0. The van der Waals surface area contributed by atoms with Crippen LogP contribution < -0.4 is 10.3 Å². The smallest absolute Gasteiger partial charge is 0.258 e. The van der Waals surface area contributed by atoms with Gasteiger partial charge in [-0.25, -0.2) is 0 Å². The molecule has 3 aromatic rings. The number of H-pyrrole nitrogens is 1. The summed E-state index contributed by atoms with van der Waals surface area (Å²) >= 11 is 0. The molecule has 0 spiro atoms. The van der Waals surface area contributed by atoms with Crippen molar-refractivity contribution in [1.82, 2.24) is 9.88 Å². The lowest BCUT2D eigenvalue weighted by Crippen LogP contribution is -2.44. The van der Waals surface area contributed by atoms with Gasteiger partial charge in [-0.1, -0.05) is 24.3 Å². The van der Waals surface area contributed by atoms with Crippen molar-refractivity contribution in [2.45, 2.75) is 12.7 Å². The minimum Gasteiger partial charge on any atom is -0.355 e. The second-order valence-electron chi connectivity index (χ2n) is 6.33. The van der Waals surface area contributed by atoms with E-state index in [-0.39, 0.29) is 17.5 Å². The van der Waals surface area contributed by atoms with Crippen LogP contribution in [0.1, 0.15) is 27.8 Å². The number of carbonyl (C=O) groups is 1. The van der Waals surface area contributed by atoms with Gasteiger partial charge in [0, 0.05) is 23.5 Å². The van der Waals surface area contributed by atoms with Crippen molar-refractivity contribution in [3.05, 3.63) is 75.6 Å². The number of aromatic nitrogens is 1. The maximum atomic E-state index is 12.9. The second-order valence-corrected chi connectivity index (χ2v) is 6.33. The lowest BCUT2D eigenvalue weighted by Gasteiger charge is -2.39. The van der Waals surface area contributed by atoms with E-state index in [4.69, 9.17) is 0 Å². The molecule has 1 amide bonds. The number of benzene rings is 2. The van der Waals surface area contributed by atoms with Gasteiger partial charge in [-0.05, 0) is 24.3 Å². The highest BCUT2D eigenvalue weighted by atomic mass is 16.2. The van der Waals surface area contributed by atoms with Crippen LogP contribution in [0.4, 0.5) is 5.69 Å². The van der Waals surface area contributed by atoms with E-state index < -0.39 is 0 Å². The lowest BCUT2D eigenvalue weighted by molar-refractivity contribution is 0.0669. The first-order valence-electron chi connectivity index (χ1n) is 7.93. The molecule has 1 unspecified atom stereocenters. The summed E-state index contributed by atoms with van der Waals surface area (Å²) in [5.74, 6) is -0.0262. The average molecular weight is 317 g/mol. The minimum absolute atomic E-state index is 0.0130. The molecule has 0 aliphatic carbocycles. The third-order valence-electron chi connectivity index (χ3n) is 5.06. The number of hydrogen-bond acceptors (Lipinski definition) is 3. The molecule has 0 radical (unpaired) electrons. The number of rotatable bonds is 0. The molecule has 24 heavy (non-hydrogen) atoms. The molecule has 1 aromatic heterocycles. The molecule has 2 aliphatic rings. The van der Waals surface area contributed by atoms with Crippen LogP contribution in [-0.2, 0) is 6.54 Å². The highest BCUT2D eigenvalue weighted by Crippen LogP contribution is 2.42. The van der Waals surface area contributed by atoms with E-state index in [9.17, 15) is 9.59 Å². The molecule has 2 aliphatic heterocycles. The fraction of sp³-hybridized carbons (Fsp3) is 0.158. The molecule has 3 heterocycles. The molecule has 0 bridgehead atoms. The lowest BCUT2D eigenvalue weighted by atomic mass is 10.1. The predicted molar refractivity (Wildman–Crippen MR) is 92.0 cm³/mol. The van der Waals surface area contributed by atoms with Crippen LogP contribution in [-0.4, -0.2) is 22.8 Å². The Morgan fingerprint density at radius 3 is 2.67 bits per heavy atom. The second kappa shape index (κ2) is 4.47. The molecule has 2 aromatic carbocycles. The molecule has 1 atom stereocenters. The number of amides is 1. The van der Waals surface area contributed by atoms with E-state index in [1.54, 1.807) is 4.90 Å². The van der Waals surface area contributed by atoms with E-state index in [2.05, 4.69) is 9.88 Å². The molecule has 5 nitrogen and oxygen atoms in total. The Morgan fingerprint density at radius 1 is 1.04 bits per heavy atom. The number of anilines is 1. The Labute approximate surface area is 138 Å². The van der Waals surface area contributed by atoms with Crippen molar-refractivity contribution in [1.29, 1.82) is 0 Å². The third-order valence-corrected chi connectivity index (χ3v) is 5.06. The minimum atomic E-state index is -0.264. The Hall–Kier alpha value is -3.08. The summed E-state index contributed by atoms with van der Waals surface area (Å²) in [6, 6.07) is 15.1. The Bertz CT molecular complexity index is 1070. The Kier molecular flexibility index (Phi) is 2.49. The van der Waals surface area contributed by atoms with Gasteiger partial charge in [-0.15, -0.1) is 0 Å². The van der Waals surface area contributed by atoms with Gasteiger partial charge in [0.1, 0.15) is 6.17 Å². The van der Waals surface area contributed by atoms with Crippen LogP contribution in [0.15, 0.2) is 53.3 Å². The van der Waals surface area contributed by atoms with Crippen LogP contribution in [0.5, 0.6) is 0 Å². The van der Waals surface area contributed by atoms with Gasteiger partial charge in [0.05, 0.1) is 23.5 Å². The van der Waals surface area contributed by atoms with Crippen LogP contribution in [0, 0.1) is 0 Å². The maximum Gasteiger partial charge on any atom is 0.258 e. The van der Waals surface area contributed by atoms with Crippen molar-refractivity contribution in [3.63, 3.8) is 0 Å². The van der Waals surface area contributed by atoms with Crippen molar-refractivity contribution < 1.29 is 4.79 Å². The van der Waals surface area contributed by atoms with Crippen molar-refractivity contribution in [2.24, 2.45) is 0 Å². The number of nitrogens with one attached hydrogen (secondary N) is 1. The fourth-order valence-corrected chi connectivity index (χ4v) is 3.92. The summed E-state index contributed by atoms with van der Waals surface area (Å²) in [5, 5.41) is 0.670. The number of para-hydroxylation sites is 2. The predicted octanol–water partition coefficient (Wildman–Crippen LogP) is 2.63. The van der Waals surface area contributed by atoms with Gasteiger partial charge < -0.3 is 14.8 Å². The number of pyridine rings is 1. The van der Waals surface area contributed by atoms with Gasteiger partial charge >= 0.3 is 0 Å². The number of nitrogens with zero attached hydrogens (tertiary/aromatic N) is 2. The monoisotopic (exact) mass is 317 g/mol.